The Balaban J connectivity index is 1.64. The summed E-state index contributed by atoms with van der Waals surface area (Å²) in [5.41, 5.74) is 2.52. The molecule has 0 bridgehead atoms. The lowest BCUT2D eigenvalue weighted by atomic mass is 10.2. The van der Waals surface area contributed by atoms with Gasteiger partial charge in [-0.15, -0.1) is 24.0 Å². The number of nitrogens with zero attached hydrogens (tertiary/aromatic N) is 2. The standard InChI is InChI=1S/C16H18N2OS2/c1-12-3-2-4-13(9-12)17-5-7-18(8-6-17)16(19)15-10-14(20)11-21-15/h2-4,9-11,20H,5-8H2,1H3. The number of benzene rings is 1. The van der Waals surface area contributed by atoms with Crippen molar-refractivity contribution in [2.75, 3.05) is 31.1 Å². The fourth-order valence-electron chi connectivity index (χ4n) is 2.59. The van der Waals surface area contributed by atoms with E-state index in [9.17, 15) is 4.79 Å². The molecular formula is C16H18N2OS2. The summed E-state index contributed by atoms with van der Waals surface area (Å²) in [7, 11) is 0. The normalized spacial score (nSPS) is 15.3. The Kier molecular flexibility index (Phi) is 4.22. The van der Waals surface area contributed by atoms with Crippen LogP contribution < -0.4 is 4.90 Å². The second kappa shape index (κ2) is 6.12. The van der Waals surface area contributed by atoms with Crippen LogP contribution in [0.2, 0.25) is 0 Å². The third kappa shape index (κ3) is 3.24. The number of piperazine rings is 1. The summed E-state index contributed by atoms with van der Waals surface area (Å²) in [4.78, 5) is 18.3. The van der Waals surface area contributed by atoms with Gasteiger partial charge in [0.1, 0.15) is 0 Å². The maximum atomic E-state index is 12.4. The van der Waals surface area contributed by atoms with Crippen molar-refractivity contribution in [3.63, 3.8) is 0 Å². The summed E-state index contributed by atoms with van der Waals surface area (Å²) in [6.07, 6.45) is 0. The Morgan fingerprint density at radius 2 is 1.95 bits per heavy atom. The van der Waals surface area contributed by atoms with Gasteiger partial charge >= 0.3 is 0 Å². The van der Waals surface area contributed by atoms with Crippen LogP contribution in [0, 0.1) is 6.92 Å². The van der Waals surface area contributed by atoms with Crippen LogP contribution in [0.25, 0.3) is 0 Å². The summed E-state index contributed by atoms with van der Waals surface area (Å²) in [5.74, 6) is 0.129. The third-order valence-electron chi connectivity index (χ3n) is 3.73. The number of aryl methyl sites for hydroxylation is 1. The Morgan fingerprint density at radius 3 is 2.57 bits per heavy atom. The quantitative estimate of drug-likeness (QED) is 0.859. The molecule has 21 heavy (non-hydrogen) atoms. The molecule has 1 amide bonds. The first-order valence-corrected chi connectivity index (χ1v) is 8.34. The molecule has 3 nitrogen and oxygen atoms in total. The second-order valence-corrected chi connectivity index (χ2v) is 6.72. The van der Waals surface area contributed by atoms with Crippen LogP contribution in [0.3, 0.4) is 0 Å². The fraction of sp³-hybridized carbons (Fsp3) is 0.312. The van der Waals surface area contributed by atoms with Gasteiger partial charge in [-0.1, -0.05) is 12.1 Å². The molecule has 0 radical (unpaired) electrons. The van der Waals surface area contributed by atoms with E-state index in [1.807, 2.05) is 16.3 Å². The number of carbonyl (C=O) groups is 1. The van der Waals surface area contributed by atoms with Crippen molar-refractivity contribution >= 4 is 35.6 Å². The largest absolute Gasteiger partial charge is 0.368 e. The van der Waals surface area contributed by atoms with E-state index in [4.69, 9.17) is 0 Å². The number of rotatable bonds is 2. The van der Waals surface area contributed by atoms with E-state index in [1.165, 1.54) is 22.6 Å². The zero-order valence-corrected chi connectivity index (χ0v) is 13.7. The van der Waals surface area contributed by atoms with Gasteiger partial charge in [0, 0.05) is 42.1 Å². The van der Waals surface area contributed by atoms with Gasteiger partial charge in [-0.05, 0) is 30.7 Å². The van der Waals surface area contributed by atoms with Crippen molar-refractivity contribution in [2.24, 2.45) is 0 Å². The summed E-state index contributed by atoms with van der Waals surface area (Å²) < 4.78 is 0. The molecule has 0 aliphatic carbocycles. The molecule has 1 aromatic heterocycles. The first kappa shape index (κ1) is 14.5. The third-order valence-corrected chi connectivity index (χ3v) is 5.08. The van der Waals surface area contributed by atoms with E-state index in [0.29, 0.717) is 0 Å². The molecular weight excluding hydrogens is 300 g/mol. The minimum absolute atomic E-state index is 0.129. The summed E-state index contributed by atoms with van der Waals surface area (Å²) >= 11 is 5.74. The minimum atomic E-state index is 0.129. The van der Waals surface area contributed by atoms with Gasteiger partial charge in [-0.2, -0.15) is 0 Å². The Hall–Kier alpha value is -1.46. The van der Waals surface area contributed by atoms with E-state index in [0.717, 1.165) is 36.0 Å². The number of hydrogen-bond donors (Lipinski definition) is 1. The van der Waals surface area contributed by atoms with Crippen LogP contribution in [-0.2, 0) is 0 Å². The molecule has 1 aliphatic rings. The van der Waals surface area contributed by atoms with Crippen LogP contribution in [0.5, 0.6) is 0 Å². The number of hydrogen-bond acceptors (Lipinski definition) is 4. The molecule has 1 aromatic carbocycles. The zero-order chi connectivity index (χ0) is 14.8. The molecule has 1 aliphatic heterocycles. The lowest BCUT2D eigenvalue weighted by molar-refractivity contribution is 0.0751. The highest BCUT2D eigenvalue weighted by Gasteiger charge is 2.23. The molecule has 110 valence electrons. The predicted molar refractivity (Wildman–Crippen MR) is 90.9 cm³/mol. The Labute approximate surface area is 134 Å². The number of amides is 1. The molecule has 0 N–H and O–H groups in total. The van der Waals surface area contributed by atoms with Crippen molar-refractivity contribution in [1.82, 2.24) is 4.90 Å². The molecule has 0 unspecified atom stereocenters. The highest BCUT2D eigenvalue weighted by molar-refractivity contribution is 7.80. The van der Waals surface area contributed by atoms with E-state index >= 15 is 0 Å². The Morgan fingerprint density at radius 1 is 1.19 bits per heavy atom. The number of thiophene rings is 1. The molecule has 0 spiro atoms. The minimum Gasteiger partial charge on any atom is -0.368 e. The maximum absolute atomic E-state index is 12.4. The average Bonchev–Trinajstić information content (AvgIpc) is 2.93. The van der Waals surface area contributed by atoms with Gasteiger partial charge in [-0.25, -0.2) is 0 Å². The van der Waals surface area contributed by atoms with Gasteiger partial charge in [0.05, 0.1) is 4.88 Å². The number of anilines is 1. The number of carbonyl (C=O) groups excluding carboxylic acids is 1. The molecule has 1 saturated heterocycles. The monoisotopic (exact) mass is 318 g/mol. The molecule has 3 rings (SSSR count). The lowest BCUT2D eigenvalue weighted by Crippen LogP contribution is -2.48. The number of thiol groups is 1. The first-order valence-electron chi connectivity index (χ1n) is 7.02. The molecule has 0 saturated carbocycles. The summed E-state index contributed by atoms with van der Waals surface area (Å²) in [6, 6.07) is 10.4. The van der Waals surface area contributed by atoms with Gasteiger partial charge < -0.3 is 9.80 Å². The maximum Gasteiger partial charge on any atom is 0.264 e. The SMILES string of the molecule is Cc1cccc(N2CCN(C(=O)c3cc(S)cs3)CC2)c1. The Bertz CT molecular complexity index is 645. The van der Waals surface area contributed by atoms with Gasteiger partial charge in [-0.3, -0.25) is 4.79 Å². The van der Waals surface area contributed by atoms with Crippen molar-refractivity contribution in [3.8, 4) is 0 Å². The molecule has 1 fully saturated rings. The van der Waals surface area contributed by atoms with E-state index < -0.39 is 0 Å². The van der Waals surface area contributed by atoms with E-state index in [-0.39, 0.29) is 5.91 Å². The molecule has 0 atom stereocenters. The van der Waals surface area contributed by atoms with Crippen molar-refractivity contribution in [3.05, 3.63) is 46.2 Å². The molecule has 5 heteroatoms. The van der Waals surface area contributed by atoms with E-state index in [1.54, 1.807) is 0 Å². The van der Waals surface area contributed by atoms with Gasteiger partial charge in [0.2, 0.25) is 0 Å². The highest BCUT2D eigenvalue weighted by Crippen LogP contribution is 2.22. The van der Waals surface area contributed by atoms with Crippen LogP contribution in [-0.4, -0.2) is 37.0 Å². The van der Waals surface area contributed by atoms with Crippen LogP contribution in [0.4, 0.5) is 5.69 Å². The van der Waals surface area contributed by atoms with Gasteiger partial charge in [0.25, 0.3) is 5.91 Å². The second-order valence-electron chi connectivity index (χ2n) is 5.29. The summed E-state index contributed by atoms with van der Waals surface area (Å²) in [5, 5.41) is 1.90. The lowest BCUT2D eigenvalue weighted by Gasteiger charge is -2.36. The van der Waals surface area contributed by atoms with Crippen LogP contribution in [0.15, 0.2) is 40.6 Å². The smallest absolute Gasteiger partial charge is 0.264 e. The average molecular weight is 318 g/mol. The van der Waals surface area contributed by atoms with Crippen molar-refractivity contribution in [2.45, 2.75) is 11.8 Å². The molecule has 2 heterocycles. The topological polar surface area (TPSA) is 23.6 Å². The van der Waals surface area contributed by atoms with Gasteiger partial charge in [0.15, 0.2) is 0 Å². The van der Waals surface area contributed by atoms with Crippen molar-refractivity contribution < 1.29 is 4.79 Å². The van der Waals surface area contributed by atoms with E-state index in [2.05, 4.69) is 48.7 Å². The predicted octanol–water partition coefficient (Wildman–Crippen LogP) is 3.31. The summed E-state index contributed by atoms with van der Waals surface area (Å²) in [6.45, 7) is 5.41. The molecule has 2 aromatic rings. The van der Waals surface area contributed by atoms with Crippen LogP contribution in [0.1, 0.15) is 15.2 Å². The van der Waals surface area contributed by atoms with Crippen LogP contribution >= 0.6 is 24.0 Å². The fourth-order valence-corrected chi connectivity index (χ4v) is 3.70. The first-order chi connectivity index (χ1) is 10.1. The zero-order valence-electron chi connectivity index (χ0n) is 12.0. The van der Waals surface area contributed by atoms with Crippen molar-refractivity contribution in [1.29, 1.82) is 0 Å². The highest BCUT2D eigenvalue weighted by atomic mass is 32.1.